The zero-order valence-corrected chi connectivity index (χ0v) is 14.1. The van der Waals surface area contributed by atoms with Crippen LogP contribution in [0.25, 0.3) is 6.08 Å². The highest BCUT2D eigenvalue weighted by Gasteiger charge is 2.05. The predicted octanol–water partition coefficient (Wildman–Crippen LogP) is 3.96. The predicted molar refractivity (Wildman–Crippen MR) is 96.4 cm³/mol. The van der Waals surface area contributed by atoms with Gasteiger partial charge < -0.3 is 15.4 Å². The number of hydrogen-bond donors (Lipinski definition) is 2. The number of carbonyl (C=O) groups excluding carboxylic acids is 2. The molecule has 2 N–H and O–H groups in total. The number of halogens is 1. The van der Waals surface area contributed by atoms with Crippen molar-refractivity contribution < 1.29 is 14.3 Å². The number of anilines is 2. The molecule has 0 aliphatic heterocycles. The minimum atomic E-state index is -0.283. The Kier molecular flexibility index (Phi) is 5.98. The Labute approximate surface area is 145 Å². The second-order valence-corrected chi connectivity index (χ2v) is 5.38. The van der Waals surface area contributed by atoms with Crippen molar-refractivity contribution in [2.75, 3.05) is 17.7 Å². The van der Waals surface area contributed by atoms with E-state index in [1.165, 1.54) is 13.0 Å². The quantitative estimate of drug-likeness (QED) is 0.807. The summed E-state index contributed by atoms with van der Waals surface area (Å²) in [5, 5.41) is 5.66. The van der Waals surface area contributed by atoms with E-state index in [0.29, 0.717) is 16.4 Å². The SMILES string of the molecule is COc1ccc(/C=C/C(=O)Nc2ccc(NC(C)=O)c(Cl)c2)cc1. The van der Waals surface area contributed by atoms with Gasteiger partial charge in [0.15, 0.2) is 0 Å². The van der Waals surface area contributed by atoms with Crippen molar-refractivity contribution in [1.29, 1.82) is 0 Å². The van der Waals surface area contributed by atoms with Gasteiger partial charge in [-0.05, 0) is 42.0 Å². The Balaban J connectivity index is 1.99. The first-order valence-electron chi connectivity index (χ1n) is 7.18. The maximum atomic E-state index is 11.9. The van der Waals surface area contributed by atoms with Gasteiger partial charge in [0, 0.05) is 18.7 Å². The molecule has 0 unspecified atom stereocenters. The molecular formula is C18H17ClN2O3. The van der Waals surface area contributed by atoms with Gasteiger partial charge in [0.25, 0.3) is 0 Å². The molecule has 2 aromatic rings. The summed E-state index contributed by atoms with van der Waals surface area (Å²) in [7, 11) is 1.60. The highest BCUT2D eigenvalue weighted by Crippen LogP contribution is 2.25. The summed E-state index contributed by atoms with van der Waals surface area (Å²) in [6.45, 7) is 1.40. The molecule has 0 radical (unpaired) electrons. The van der Waals surface area contributed by atoms with Crippen molar-refractivity contribution >= 4 is 40.9 Å². The number of amides is 2. The van der Waals surface area contributed by atoms with Gasteiger partial charge in [-0.15, -0.1) is 0 Å². The molecule has 0 bridgehead atoms. The van der Waals surface area contributed by atoms with E-state index in [1.807, 2.05) is 24.3 Å². The monoisotopic (exact) mass is 344 g/mol. The van der Waals surface area contributed by atoms with Gasteiger partial charge in [-0.1, -0.05) is 23.7 Å². The Morgan fingerprint density at radius 3 is 2.38 bits per heavy atom. The molecule has 6 heteroatoms. The van der Waals surface area contributed by atoms with Crippen molar-refractivity contribution in [2.24, 2.45) is 0 Å². The molecule has 2 amide bonds. The van der Waals surface area contributed by atoms with Gasteiger partial charge in [0.2, 0.25) is 11.8 Å². The lowest BCUT2D eigenvalue weighted by molar-refractivity contribution is -0.114. The van der Waals surface area contributed by atoms with Crippen LogP contribution in [0.1, 0.15) is 12.5 Å². The van der Waals surface area contributed by atoms with Crippen LogP contribution >= 0.6 is 11.6 Å². The van der Waals surface area contributed by atoms with E-state index in [0.717, 1.165) is 11.3 Å². The summed E-state index contributed by atoms with van der Waals surface area (Å²) in [5.41, 5.74) is 1.92. The van der Waals surface area contributed by atoms with Crippen LogP contribution in [0.3, 0.4) is 0 Å². The molecule has 2 aromatic carbocycles. The van der Waals surface area contributed by atoms with Crippen molar-refractivity contribution in [3.8, 4) is 5.75 Å². The summed E-state index contributed by atoms with van der Waals surface area (Å²) in [6, 6.07) is 12.2. The van der Waals surface area contributed by atoms with Crippen molar-refractivity contribution in [3.05, 3.63) is 59.1 Å². The third-order valence-corrected chi connectivity index (χ3v) is 3.40. The number of ether oxygens (including phenoxy) is 1. The molecule has 0 atom stereocenters. The molecule has 0 saturated heterocycles. The zero-order valence-electron chi connectivity index (χ0n) is 13.3. The van der Waals surface area contributed by atoms with Gasteiger partial charge >= 0.3 is 0 Å². The second kappa shape index (κ2) is 8.17. The molecule has 0 fully saturated rings. The normalized spacial score (nSPS) is 10.5. The van der Waals surface area contributed by atoms with Gasteiger partial charge in [-0.2, -0.15) is 0 Å². The lowest BCUT2D eigenvalue weighted by atomic mass is 10.2. The molecule has 0 aliphatic rings. The minimum absolute atomic E-state index is 0.212. The largest absolute Gasteiger partial charge is 0.497 e. The van der Waals surface area contributed by atoms with Crippen LogP contribution in [0, 0.1) is 0 Å². The van der Waals surface area contributed by atoms with E-state index >= 15 is 0 Å². The molecule has 0 aliphatic carbocycles. The Morgan fingerprint density at radius 1 is 1.08 bits per heavy atom. The van der Waals surface area contributed by atoms with Crippen molar-refractivity contribution in [3.63, 3.8) is 0 Å². The maximum absolute atomic E-state index is 11.9. The zero-order chi connectivity index (χ0) is 17.5. The molecule has 0 aromatic heterocycles. The lowest BCUT2D eigenvalue weighted by Crippen LogP contribution is -2.09. The Bertz CT molecular complexity index is 770. The maximum Gasteiger partial charge on any atom is 0.248 e. The molecule has 0 saturated carbocycles. The lowest BCUT2D eigenvalue weighted by Gasteiger charge is -2.08. The van der Waals surface area contributed by atoms with E-state index < -0.39 is 0 Å². The van der Waals surface area contributed by atoms with Crippen molar-refractivity contribution in [2.45, 2.75) is 6.92 Å². The molecule has 2 rings (SSSR count). The fourth-order valence-electron chi connectivity index (χ4n) is 1.95. The van der Waals surface area contributed by atoms with E-state index in [2.05, 4.69) is 10.6 Å². The number of benzene rings is 2. The Hall–Kier alpha value is -2.79. The van der Waals surface area contributed by atoms with E-state index in [-0.39, 0.29) is 11.8 Å². The standard InChI is InChI=1S/C18H17ClN2O3/c1-12(22)20-17-9-6-14(11-16(17)19)21-18(23)10-5-13-3-7-15(24-2)8-4-13/h3-11H,1-2H3,(H,20,22)(H,21,23)/b10-5+. The number of rotatable bonds is 5. The summed E-state index contributed by atoms with van der Waals surface area (Å²) < 4.78 is 5.08. The number of nitrogens with one attached hydrogen (secondary N) is 2. The van der Waals surface area contributed by atoms with Gasteiger partial charge in [-0.3, -0.25) is 9.59 Å². The molecule has 5 nitrogen and oxygen atoms in total. The first-order valence-corrected chi connectivity index (χ1v) is 7.56. The fraction of sp³-hybridized carbons (Fsp3) is 0.111. The average Bonchev–Trinajstić information content (AvgIpc) is 2.55. The second-order valence-electron chi connectivity index (χ2n) is 4.97. The van der Waals surface area contributed by atoms with Crippen LogP contribution in [-0.4, -0.2) is 18.9 Å². The first-order chi connectivity index (χ1) is 11.5. The molecule has 0 spiro atoms. The van der Waals surface area contributed by atoms with Crippen LogP contribution in [-0.2, 0) is 9.59 Å². The average molecular weight is 345 g/mol. The van der Waals surface area contributed by atoms with Crippen LogP contribution in [0.4, 0.5) is 11.4 Å². The number of hydrogen-bond acceptors (Lipinski definition) is 3. The third-order valence-electron chi connectivity index (χ3n) is 3.09. The summed E-state index contributed by atoms with van der Waals surface area (Å²) >= 11 is 6.06. The van der Waals surface area contributed by atoms with E-state index in [1.54, 1.807) is 31.4 Å². The van der Waals surface area contributed by atoms with E-state index in [4.69, 9.17) is 16.3 Å². The minimum Gasteiger partial charge on any atom is -0.497 e. The summed E-state index contributed by atoms with van der Waals surface area (Å²) in [6.07, 6.45) is 3.12. The van der Waals surface area contributed by atoms with Crippen LogP contribution < -0.4 is 15.4 Å². The third kappa shape index (κ3) is 5.14. The van der Waals surface area contributed by atoms with Gasteiger partial charge in [0.1, 0.15) is 5.75 Å². The smallest absolute Gasteiger partial charge is 0.248 e. The molecule has 0 heterocycles. The van der Waals surface area contributed by atoms with Crippen LogP contribution in [0.5, 0.6) is 5.75 Å². The first kappa shape index (κ1) is 17.6. The molecule has 24 heavy (non-hydrogen) atoms. The highest BCUT2D eigenvalue weighted by atomic mass is 35.5. The summed E-state index contributed by atoms with van der Waals surface area (Å²) in [5.74, 6) is 0.260. The van der Waals surface area contributed by atoms with Crippen LogP contribution in [0.2, 0.25) is 5.02 Å². The highest BCUT2D eigenvalue weighted by molar-refractivity contribution is 6.34. The number of carbonyl (C=O) groups is 2. The molecule has 124 valence electrons. The van der Waals surface area contributed by atoms with E-state index in [9.17, 15) is 9.59 Å². The van der Waals surface area contributed by atoms with Crippen molar-refractivity contribution in [1.82, 2.24) is 0 Å². The van der Waals surface area contributed by atoms with Crippen LogP contribution in [0.15, 0.2) is 48.5 Å². The molecular weight excluding hydrogens is 328 g/mol. The summed E-state index contributed by atoms with van der Waals surface area (Å²) in [4.78, 5) is 23.0. The fourth-order valence-corrected chi connectivity index (χ4v) is 2.18. The van der Waals surface area contributed by atoms with Gasteiger partial charge in [-0.25, -0.2) is 0 Å². The Morgan fingerprint density at radius 2 is 1.79 bits per heavy atom. The number of methoxy groups -OCH3 is 1. The van der Waals surface area contributed by atoms with Gasteiger partial charge in [0.05, 0.1) is 17.8 Å². The topological polar surface area (TPSA) is 67.4 Å².